The van der Waals surface area contributed by atoms with Crippen molar-refractivity contribution in [2.24, 2.45) is 0 Å². The molecule has 0 radical (unpaired) electrons. The topological polar surface area (TPSA) is 76.7 Å². The lowest BCUT2D eigenvalue weighted by Crippen LogP contribution is -2.44. The van der Waals surface area contributed by atoms with Gasteiger partial charge in [0.15, 0.2) is 18.2 Å². The average molecular weight is 367 g/mol. The maximum atomic E-state index is 13.4. The first kappa shape index (κ1) is 18.5. The van der Waals surface area contributed by atoms with Crippen LogP contribution in [0.5, 0.6) is 11.5 Å². The zero-order valence-corrected chi connectivity index (χ0v) is 14.1. The Bertz CT molecular complexity index is 770. The predicted molar refractivity (Wildman–Crippen MR) is 89.9 cm³/mol. The third kappa shape index (κ3) is 5.65. The summed E-state index contributed by atoms with van der Waals surface area (Å²) in [6.45, 7) is -0.443. The average Bonchev–Trinajstić information content (AvgIpc) is 2.59. The highest BCUT2D eigenvalue weighted by Gasteiger charge is 2.11. The van der Waals surface area contributed by atoms with Crippen molar-refractivity contribution in [3.05, 3.63) is 58.9 Å². The molecule has 0 heterocycles. The van der Waals surface area contributed by atoms with Crippen LogP contribution < -0.4 is 20.3 Å². The van der Waals surface area contributed by atoms with Gasteiger partial charge in [-0.05, 0) is 30.3 Å². The summed E-state index contributed by atoms with van der Waals surface area (Å²) < 4.78 is 23.5. The Morgan fingerprint density at radius 2 is 1.80 bits per heavy atom. The Kier molecular flexibility index (Phi) is 6.59. The normalized spacial score (nSPS) is 10.0. The minimum absolute atomic E-state index is 0.0435. The Labute approximate surface area is 148 Å². The van der Waals surface area contributed by atoms with Gasteiger partial charge in [-0.2, -0.15) is 0 Å². The maximum Gasteiger partial charge on any atom is 0.276 e. The third-order valence-corrected chi connectivity index (χ3v) is 3.37. The van der Waals surface area contributed by atoms with Crippen LogP contribution in [0.1, 0.15) is 5.56 Å². The molecule has 25 heavy (non-hydrogen) atoms. The number of hydrazine groups is 1. The van der Waals surface area contributed by atoms with Crippen LogP contribution in [0.25, 0.3) is 0 Å². The standard InChI is InChI=1S/C17H16ClFN2O4/c1-24-14-7-6-12(18)8-11(14)9-16(22)20-21-17(23)10-25-15-5-3-2-4-13(15)19/h2-8H,9-10H2,1H3,(H,20,22)(H,21,23). The van der Waals surface area contributed by atoms with Crippen LogP contribution in [-0.4, -0.2) is 25.5 Å². The lowest BCUT2D eigenvalue weighted by molar-refractivity contribution is -0.129. The van der Waals surface area contributed by atoms with Crippen molar-refractivity contribution in [2.45, 2.75) is 6.42 Å². The lowest BCUT2D eigenvalue weighted by atomic mass is 10.1. The second-order valence-electron chi connectivity index (χ2n) is 4.95. The van der Waals surface area contributed by atoms with E-state index in [0.717, 1.165) is 0 Å². The summed E-state index contributed by atoms with van der Waals surface area (Å²) in [6.07, 6.45) is -0.0435. The number of carbonyl (C=O) groups is 2. The van der Waals surface area contributed by atoms with Crippen molar-refractivity contribution < 1.29 is 23.5 Å². The first-order valence-corrected chi connectivity index (χ1v) is 7.65. The van der Waals surface area contributed by atoms with Gasteiger partial charge < -0.3 is 9.47 Å². The Hall–Kier alpha value is -2.80. The number of hydrogen-bond donors (Lipinski definition) is 2. The van der Waals surface area contributed by atoms with E-state index in [1.165, 1.54) is 25.3 Å². The minimum Gasteiger partial charge on any atom is -0.496 e. The Balaban J connectivity index is 1.81. The van der Waals surface area contributed by atoms with Gasteiger partial charge in [-0.3, -0.25) is 20.4 Å². The molecule has 0 fully saturated rings. The van der Waals surface area contributed by atoms with E-state index in [1.54, 1.807) is 24.3 Å². The van der Waals surface area contributed by atoms with E-state index in [2.05, 4.69) is 10.9 Å². The third-order valence-electron chi connectivity index (χ3n) is 3.13. The number of halogens is 2. The fourth-order valence-corrected chi connectivity index (χ4v) is 2.18. The number of ether oxygens (including phenoxy) is 2. The Morgan fingerprint density at radius 3 is 2.52 bits per heavy atom. The second-order valence-corrected chi connectivity index (χ2v) is 5.38. The molecule has 0 aliphatic rings. The fraction of sp³-hybridized carbons (Fsp3) is 0.176. The summed E-state index contributed by atoms with van der Waals surface area (Å²) >= 11 is 5.89. The molecule has 2 aromatic rings. The molecule has 0 saturated carbocycles. The number of hydrogen-bond acceptors (Lipinski definition) is 4. The minimum atomic E-state index is -0.630. The molecule has 0 aromatic heterocycles. The van der Waals surface area contributed by atoms with E-state index in [0.29, 0.717) is 16.3 Å². The zero-order valence-electron chi connectivity index (χ0n) is 13.3. The van der Waals surface area contributed by atoms with Crippen molar-refractivity contribution in [1.29, 1.82) is 0 Å². The molecular formula is C17H16ClFN2O4. The summed E-state index contributed by atoms with van der Waals surface area (Å²) in [5.74, 6) is -1.22. The molecule has 2 rings (SSSR count). The van der Waals surface area contributed by atoms with Crippen LogP contribution in [0.2, 0.25) is 5.02 Å². The molecule has 8 heteroatoms. The number of benzene rings is 2. The number of rotatable bonds is 6. The molecule has 132 valence electrons. The summed E-state index contributed by atoms with van der Waals surface area (Å²) in [6, 6.07) is 10.6. The molecule has 0 aliphatic heterocycles. The molecule has 0 unspecified atom stereocenters. The molecule has 2 amide bonds. The van der Waals surface area contributed by atoms with Crippen molar-refractivity contribution in [3.8, 4) is 11.5 Å². The van der Waals surface area contributed by atoms with Gasteiger partial charge in [-0.1, -0.05) is 23.7 Å². The van der Waals surface area contributed by atoms with Gasteiger partial charge in [0.1, 0.15) is 5.75 Å². The van der Waals surface area contributed by atoms with E-state index in [9.17, 15) is 14.0 Å². The first-order valence-electron chi connectivity index (χ1n) is 7.27. The van der Waals surface area contributed by atoms with Gasteiger partial charge in [-0.25, -0.2) is 4.39 Å². The van der Waals surface area contributed by atoms with Crippen molar-refractivity contribution in [3.63, 3.8) is 0 Å². The van der Waals surface area contributed by atoms with Crippen molar-refractivity contribution in [1.82, 2.24) is 10.9 Å². The molecule has 0 atom stereocenters. The van der Waals surface area contributed by atoms with E-state index in [-0.39, 0.29) is 12.2 Å². The Morgan fingerprint density at radius 1 is 1.08 bits per heavy atom. The highest BCUT2D eigenvalue weighted by Crippen LogP contribution is 2.22. The van der Waals surface area contributed by atoms with E-state index >= 15 is 0 Å². The van der Waals surface area contributed by atoms with E-state index < -0.39 is 24.2 Å². The number of amides is 2. The molecular weight excluding hydrogens is 351 g/mol. The molecule has 0 bridgehead atoms. The first-order chi connectivity index (χ1) is 12.0. The summed E-state index contributed by atoms with van der Waals surface area (Å²) in [5, 5.41) is 0.464. The van der Waals surface area contributed by atoms with Gasteiger partial charge in [0.25, 0.3) is 5.91 Å². The molecule has 0 spiro atoms. The molecule has 0 saturated heterocycles. The van der Waals surface area contributed by atoms with Gasteiger partial charge in [0, 0.05) is 10.6 Å². The molecule has 2 aromatic carbocycles. The number of nitrogens with one attached hydrogen (secondary N) is 2. The molecule has 0 aliphatic carbocycles. The van der Waals surface area contributed by atoms with Crippen LogP contribution in [-0.2, 0) is 16.0 Å². The number of methoxy groups -OCH3 is 1. The number of carbonyl (C=O) groups excluding carboxylic acids is 2. The van der Waals surface area contributed by atoms with E-state index in [1.807, 2.05) is 0 Å². The smallest absolute Gasteiger partial charge is 0.276 e. The highest BCUT2D eigenvalue weighted by molar-refractivity contribution is 6.30. The SMILES string of the molecule is COc1ccc(Cl)cc1CC(=O)NNC(=O)COc1ccccc1F. The fourth-order valence-electron chi connectivity index (χ4n) is 1.98. The van der Waals surface area contributed by atoms with Crippen molar-refractivity contribution >= 4 is 23.4 Å². The van der Waals surface area contributed by atoms with Gasteiger partial charge in [0.2, 0.25) is 5.91 Å². The van der Waals surface area contributed by atoms with Gasteiger partial charge in [-0.15, -0.1) is 0 Å². The van der Waals surface area contributed by atoms with Crippen LogP contribution in [0.3, 0.4) is 0 Å². The summed E-state index contributed by atoms with van der Waals surface area (Å²) in [5.41, 5.74) is 5.00. The monoisotopic (exact) mass is 366 g/mol. The van der Waals surface area contributed by atoms with Crippen molar-refractivity contribution in [2.75, 3.05) is 13.7 Å². The summed E-state index contributed by atoms with van der Waals surface area (Å²) in [4.78, 5) is 23.5. The second kappa shape index (κ2) is 8.89. The predicted octanol–water partition coefficient (Wildman–Crippen LogP) is 2.26. The van der Waals surface area contributed by atoms with Crippen LogP contribution >= 0.6 is 11.6 Å². The quantitative estimate of drug-likeness (QED) is 0.769. The zero-order chi connectivity index (χ0) is 18.2. The summed E-state index contributed by atoms with van der Waals surface area (Å²) in [7, 11) is 1.48. The van der Waals surface area contributed by atoms with Gasteiger partial charge >= 0.3 is 0 Å². The number of para-hydroxylation sites is 1. The highest BCUT2D eigenvalue weighted by atomic mass is 35.5. The van der Waals surface area contributed by atoms with E-state index in [4.69, 9.17) is 21.1 Å². The van der Waals surface area contributed by atoms with Crippen LogP contribution in [0.4, 0.5) is 4.39 Å². The molecule has 2 N–H and O–H groups in total. The van der Waals surface area contributed by atoms with Crippen LogP contribution in [0.15, 0.2) is 42.5 Å². The van der Waals surface area contributed by atoms with Crippen LogP contribution in [0, 0.1) is 5.82 Å². The molecule has 6 nitrogen and oxygen atoms in total. The van der Waals surface area contributed by atoms with Gasteiger partial charge in [0.05, 0.1) is 13.5 Å². The lowest BCUT2D eigenvalue weighted by Gasteiger charge is -2.11. The maximum absolute atomic E-state index is 13.4. The largest absolute Gasteiger partial charge is 0.496 e.